The van der Waals surface area contributed by atoms with E-state index in [9.17, 15) is 19.2 Å². The summed E-state index contributed by atoms with van der Waals surface area (Å²) >= 11 is 0. The highest BCUT2D eigenvalue weighted by molar-refractivity contribution is 5.87. The summed E-state index contributed by atoms with van der Waals surface area (Å²) in [5.41, 5.74) is 0.902. The van der Waals surface area contributed by atoms with Crippen molar-refractivity contribution in [2.75, 3.05) is 110 Å². The quantitative estimate of drug-likeness (QED) is 0.0881. The summed E-state index contributed by atoms with van der Waals surface area (Å²) in [7, 11) is 8.00. The van der Waals surface area contributed by atoms with E-state index >= 15 is 0 Å². The summed E-state index contributed by atoms with van der Waals surface area (Å²) in [6.45, 7) is 28.8. The Kier molecular flexibility index (Phi) is 279. The van der Waals surface area contributed by atoms with Gasteiger partial charge in [-0.15, -0.1) is 0 Å². The highest BCUT2D eigenvalue weighted by atomic mass is 16.6. The first-order valence-electron chi connectivity index (χ1n) is 17.3. The molecule has 0 rings (SSSR count). The average molecular weight is 856 g/mol. The molecule has 12 N–H and O–H groups in total. The third-order valence-corrected chi connectivity index (χ3v) is 2.43. The van der Waals surface area contributed by atoms with E-state index in [1.807, 2.05) is 0 Å². The Bertz CT molecular complexity index is 560. The molecule has 1 amide bonds. The molecule has 0 aliphatic rings. The van der Waals surface area contributed by atoms with E-state index in [0.29, 0.717) is 37.6 Å². The lowest BCUT2D eigenvalue weighted by molar-refractivity contribution is -0.143. The molecule has 0 aliphatic carbocycles. The first-order chi connectivity index (χ1) is 27.2. The minimum Gasteiger partial charge on any atom is -0.466 e. The number of esters is 3. The minimum absolute atomic E-state index is 0.173. The lowest BCUT2D eigenvalue weighted by Crippen LogP contribution is -2.27. The molecule has 0 heterocycles. The van der Waals surface area contributed by atoms with Crippen LogP contribution in [0, 0.1) is 0 Å². The number of amides is 1. The van der Waals surface area contributed by atoms with Gasteiger partial charge in [-0.3, -0.25) is 4.79 Å². The summed E-state index contributed by atoms with van der Waals surface area (Å²) in [5, 5.41) is 81.1. The largest absolute Gasteiger partial charge is 0.466 e. The normalized spacial score (nSPS) is 6.49. The molecule has 0 aromatic carbocycles. The highest BCUT2D eigenvalue weighted by Crippen LogP contribution is 1.90. The van der Waals surface area contributed by atoms with Gasteiger partial charge in [-0.1, -0.05) is 33.4 Å². The molecular formula is C37H93NO19. The van der Waals surface area contributed by atoms with Gasteiger partial charge in [-0.05, 0) is 62.3 Å². The van der Waals surface area contributed by atoms with Crippen molar-refractivity contribution in [3.05, 3.63) is 24.3 Å². The van der Waals surface area contributed by atoms with E-state index in [4.69, 9.17) is 56.2 Å². The maximum atomic E-state index is 10.8. The fourth-order valence-electron chi connectivity index (χ4n) is 1.19. The SMILES string of the molecule is C=C(C)C(=O)OCC.C=C(C)C(=O)OCC.CCC.CCO.CCO.CCO.CCOC(=O)CCNC(=O)OCC.CO.CO.CO.CO.CO.CO.CO.CO. The Labute approximate surface area is 346 Å². The number of hydrogen-bond acceptors (Lipinski definition) is 19. The van der Waals surface area contributed by atoms with Crippen LogP contribution in [0.4, 0.5) is 4.79 Å². The van der Waals surface area contributed by atoms with Crippen molar-refractivity contribution in [3.63, 3.8) is 0 Å². The highest BCUT2D eigenvalue weighted by Gasteiger charge is 2.03. The Morgan fingerprint density at radius 3 is 0.772 bits per heavy atom. The molecule has 20 heteroatoms. The van der Waals surface area contributed by atoms with Gasteiger partial charge in [0.1, 0.15) is 0 Å². The molecule has 0 atom stereocenters. The van der Waals surface area contributed by atoms with Gasteiger partial charge < -0.3 is 80.4 Å². The van der Waals surface area contributed by atoms with E-state index in [0.717, 1.165) is 56.9 Å². The van der Waals surface area contributed by atoms with Gasteiger partial charge in [-0.2, -0.15) is 0 Å². The predicted octanol–water partition coefficient (Wildman–Crippen LogP) is 1.22. The standard InChI is InChI=1S/C8H15NO4.2C6H10O2.C3H8.3C2H6O.8CH4O/c1-3-12-7(10)5-6-9-8(11)13-4-2;2*1-4-8-6(7)5(2)3;1-3-2;3*1-2-3;8*1-2/h3-6H2,1-2H3,(H,9,11);2*2,4H2,1,3H3;3H2,1-2H3;3*3H,2H2,1H3;8*2H,1H3. The molecule has 0 unspecified atom stereocenters. The number of carbonyl (C=O) groups is 4. The first kappa shape index (κ1) is 99.6. The Morgan fingerprint density at radius 2 is 0.632 bits per heavy atom. The minimum atomic E-state index is -0.508. The first-order valence-corrected chi connectivity index (χ1v) is 17.3. The van der Waals surface area contributed by atoms with Gasteiger partial charge in [0, 0.05) is 94.4 Å². The maximum Gasteiger partial charge on any atom is 0.407 e. The van der Waals surface area contributed by atoms with Crippen LogP contribution >= 0.6 is 0 Å². The summed E-state index contributed by atoms with van der Waals surface area (Å²) in [6, 6.07) is 0. The molecule has 0 spiro atoms. The van der Waals surface area contributed by atoms with Crippen molar-refractivity contribution in [3.8, 4) is 0 Å². The molecule has 0 aromatic rings. The molecule has 0 saturated heterocycles. The second-order valence-corrected chi connectivity index (χ2v) is 6.86. The summed E-state index contributed by atoms with van der Waals surface area (Å²) in [4.78, 5) is 42.3. The van der Waals surface area contributed by atoms with Crippen molar-refractivity contribution in [2.24, 2.45) is 0 Å². The summed E-state index contributed by atoms with van der Waals surface area (Å²) in [6.07, 6.45) is 0.916. The molecular weight excluding hydrogens is 762 g/mol. The van der Waals surface area contributed by atoms with Gasteiger partial charge in [0.25, 0.3) is 0 Å². The van der Waals surface area contributed by atoms with Crippen LogP contribution in [-0.2, 0) is 33.3 Å². The fourth-order valence-corrected chi connectivity index (χ4v) is 1.19. The molecule has 0 aromatic heterocycles. The van der Waals surface area contributed by atoms with Gasteiger partial charge in [0.05, 0.1) is 32.8 Å². The van der Waals surface area contributed by atoms with Crippen LogP contribution in [0.3, 0.4) is 0 Å². The van der Waals surface area contributed by atoms with E-state index in [-0.39, 0.29) is 50.7 Å². The number of hydrogen-bond donors (Lipinski definition) is 12. The van der Waals surface area contributed by atoms with Crippen LogP contribution in [0.2, 0.25) is 0 Å². The zero-order valence-electron chi connectivity index (χ0n) is 39.2. The third kappa shape index (κ3) is 263. The van der Waals surface area contributed by atoms with Crippen LogP contribution in [0.25, 0.3) is 0 Å². The van der Waals surface area contributed by atoms with E-state index in [2.05, 4.69) is 51.3 Å². The van der Waals surface area contributed by atoms with Crippen LogP contribution < -0.4 is 5.32 Å². The summed E-state index contributed by atoms with van der Waals surface area (Å²) < 4.78 is 18.4. The van der Waals surface area contributed by atoms with E-state index < -0.39 is 6.09 Å². The summed E-state index contributed by atoms with van der Waals surface area (Å²) in [5.74, 6) is -0.945. The molecule has 0 saturated carbocycles. The smallest absolute Gasteiger partial charge is 0.407 e. The average Bonchev–Trinajstić information content (AvgIpc) is 3.23. The Balaban J connectivity index is -0.0000000275. The van der Waals surface area contributed by atoms with E-state index in [1.54, 1.807) is 62.3 Å². The molecule has 0 fully saturated rings. The van der Waals surface area contributed by atoms with Crippen LogP contribution in [0.1, 0.15) is 89.0 Å². The molecule has 57 heavy (non-hydrogen) atoms. The van der Waals surface area contributed by atoms with E-state index in [1.165, 1.54) is 6.42 Å². The van der Waals surface area contributed by atoms with Crippen molar-refractivity contribution in [1.82, 2.24) is 5.32 Å². The van der Waals surface area contributed by atoms with Gasteiger partial charge in [0.15, 0.2) is 0 Å². The number of nitrogens with one attached hydrogen (secondary N) is 1. The lowest BCUT2D eigenvalue weighted by atomic mass is 10.4. The fraction of sp³-hybridized carbons (Fsp3) is 0.784. The van der Waals surface area contributed by atoms with Gasteiger partial charge >= 0.3 is 24.0 Å². The van der Waals surface area contributed by atoms with Crippen molar-refractivity contribution >= 4 is 24.0 Å². The Hall–Kier alpha value is -3.28. The van der Waals surface area contributed by atoms with Crippen LogP contribution in [0.5, 0.6) is 0 Å². The monoisotopic (exact) mass is 856 g/mol. The maximum absolute atomic E-state index is 10.8. The molecule has 20 nitrogen and oxygen atoms in total. The number of carbonyl (C=O) groups excluding carboxylic acids is 4. The number of ether oxygens (including phenoxy) is 4. The zero-order chi connectivity index (χ0) is 50.1. The molecule has 360 valence electrons. The second kappa shape index (κ2) is 160. The van der Waals surface area contributed by atoms with Crippen LogP contribution in [-0.4, -0.2) is 190 Å². The van der Waals surface area contributed by atoms with Crippen molar-refractivity contribution < 1.29 is 94.3 Å². The number of rotatable bonds is 9. The zero-order valence-corrected chi connectivity index (χ0v) is 39.2. The predicted molar refractivity (Wildman–Crippen MR) is 229 cm³/mol. The number of aliphatic hydroxyl groups excluding tert-OH is 11. The van der Waals surface area contributed by atoms with Crippen molar-refractivity contribution in [1.29, 1.82) is 0 Å². The third-order valence-electron chi connectivity index (χ3n) is 2.43. The van der Waals surface area contributed by atoms with Crippen LogP contribution in [0.15, 0.2) is 24.3 Å². The number of aliphatic hydroxyl groups is 11. The molecule has 0 bridgehead atoms. The van der Waals surface area contributed by atoms with Crippen molar-refractivity contribution in [2.45, 2.75) is 89.0 Å². The lowest BCUT2D eigenvalue weighted by Gasteiger charge is -2.04. The molecule has 0 aliphatic heterocycles. The number of alkyl carbamates (subject to hydrolysis) is 1. The van der Waals surface area contributed by atoms with Gasteiger partial charge in [-0.25, -0.2) is 14.4 Å². The molecule has 0 radical (unpaired) electrons. The second-order valence-electron chi connectivity index (χ2n) is 6.86. The Morgan fingerprint density at radius 1 is 0.439 bits per heavy atom. The van der Waals surface area contributed by atoms with Gasteiger partial charge in [0.2, 0.25) is 0 Å². The topological polar surface area (TPSA) is 340 Å².